The number of hydrazine groups is 1. The van der Waals surface area contributed by atoms with Gasteiger partial charge in [0.25, 0.3) is 0 Å². The number of nitrogens with zero attached hydrogens (tertiary/aromatic N) is 2. The standard InChI is InChI=1S/C15H24N4O2/c1-12(15(20)17-16)11-18-7-9-19(10-8-18)13-5-3-4-6-14(13)21-2/h3-6,12H,7-11,16H2,1-2H3,(H,17,20). The normalized spacial score (nSPS) is 17.4. The molecule has 6 heteroatoms. The van der Waals surface area contributed by atoms with Crippen LogP contribution in [0.15, 0.2) is 24.3 Å². The van der Waals surface area contributed by atoms with Crippen molar-refractivity contribution in [2.75, 3.05) is 44.7 Å². The van der Waals surface area contributed by atoms with Crippen LogP contribution in [0.5, 0.6) is 5.75 Å². The maximum Gasteiger partial charge on any atom is 0.237 e. The van der Waals surface area contributed by atoms with Gasteiger partial charge in [-0.15, -0.1) is 0 Å². The van der Waals surface area contributed by atoms with E-state index in [0.717, 1.165) is 44.2 Å². The average Bonchev–Trinajstić information content (AvgIpc) is 2.54. The maximum atomic E-state index is 11.5. The van der Waals surface area contributed by atoms with Gasteiger partial charge in [0, 0.05) is 38.6 Å². The summed E-state index contributed by atoms with van der Waals surface area (Å²) < 4.78 is 5.41. The fourth-order valence-corrected chi connectivity index (χ4v) is 2.67. The topological polar surface area (TPSA) is 70.8 Å². The highest BCUT2D eigenvalue weighted by Crippen LogP contribution is 2.28. The van der Waals surface area contributed by atoms with Crippen LogP contribution in [0.3, 0.4) is 0 Å². The van der Waals surface area contributed by atoms with Gasteiger partial charge < -0.3 is 9.64 Å². The first kappa shape index (κ1) is 15.6. The van der Waals surface area contributed by atoms with Crippen molar-refractivity contribution in [3.8, 4) is 5.75 Å². The quantitative estimate of drug-likeness (QED) is 0.468. The van der Waals surface area contributed by atoms with E-state index in [9.17, 15) is 4.79 Å². The molecule has 0 spiro atoms. The summed E-state index contributed by atoms with van der Waals surface area (Å²) in [5.41, 5.74) is 3.34. The van der Waals surface area contributed by atoms with Crippen LogP contribution in [-0.4, -0.2) is 50.6 Å². The molecular weight excluding hydrogens is 268 g/mol. The average molecular weight is 292 g/mol. The van der Waals surface area contributed by atoms with Crippen molar-refractivity contribution in [1.82, 2.24) is 10.3 Å². The molecule has 0 bridgehead atoms. The predicted octanol–water partition coefficient (Wildman–Crippen LogP) is 0.443. The van der Waals surface area contributed by atoms with Gasteiger partial charge >= 0.3 is 0 Å². The summed E-state index contributed by atoms with van der Waals surface area (Å²) in [6.07, 6.45) is 0. The summed E-state index contributed by atoms with van der Waals surface area (Å²) >= 11 is 0. The molecule has 0 aliphatic carbocycles. The van der Waals surface area contributed by atoms with E-state index in [1.54, 1.807) is 7.11 Å². The SMILES string of the molecule is COc1ccccc1N1CCN(CC(C)C(=O)NN)CC1. The minimum absolute atomic E-state index is 0.0900. The lowest BCUT2D eigenvalue weighted by molar-refractivity contribution is -0.125. The maximum absolute atomic E-state index is 11.5. The number of para-hydroxylation sites is 2. The number of nitrogens with two attached hydrogens (primary N) is 1. The Labute approximate surface area is 125 Å². The van der Waals surface area contributed by atoms with Crippen molar-refractivity contribution in [3.63, 3.8) is 0 Å². The molecule has 21 heavy (non-hydrogen) atoms. The first-order valence-electron chi connectivity index (χ1n) is 7.26. The third-order valence-corrected chi connectivity index (χ3v) is 3.92. The number of methoxy groups -OCH3 is 1. The summed E-state index contributed by atoms with van der Waals surface area (Å²) in [7, 11) is 1.70. The Morgan fingerprint density at radius 1 is 1.33 bits per heavy atom. The fraction of sp³-hybridized carbons (Fsp3) is 0.533. The van der Waals surface area contributed by atoms with Crippen LogP contribution in [-0.2, 0) is 4.79 Å². The number of nitrogens with one attached hydrogen (secondary N) is 1. The number of amides is 1. The van der Waals surface area contributed by atoms with Crippen molar-refractivity contribution in [2.45, 2.75) is 6.92 Å². The Morgan fingerprint density at radius 3 is 2.62 bits per heavy atom. The van der Waals surface area contributed by atoms with E-state index in [1.807, 2.05) is 25.1 Å². The van der Waals surface area contributed by atoms with Crippen LogP contribution >= 0.6 is 0 Å². The van der Waals surface area contributed by atoms with Crippen LogP contribution in [0.1, 0.15) is 6.92 Å². The van der Waals surface area contributed by atoms with Crippen molar-refractivity contribution < 1.29 is 9.53 Å². The molecule has 6 nitrogen and oxygen atoms in total. The number of anilines is 1. The Morgan fingerprint density at radius 2 is 2.00 bits per heavy atom. The summed E-state index contributed by atoms with van der Waals surface area (Å²) in [5, 5.41) is 0. The molecule has 1 aromatic carbocycles. The molecule has 0 saturated carbocycles. The van der Waals surface area contributed by atoms with Crippen LogP contribution < -0.4 is 20.9 Å². The highest BCUT2D eigenvalue weighted by atomic mass is 16.5. The van der Waals surface area contributed by atoms with Crippen LogP contribution in [0.4, 0.5) is 5.69 Å². The second kappa shape index (κ2) is 7.28. The number of hydrogen-bond acceptors (Lipinski definition) is 5. The molecule has 2 rings (SSSR count). The third-order valence-electron chi connectivity index (χ3n) is 3.92. The zero-order valence-electron chi connectivity index (χ0n) is 12.7. The molecule has 1 heterocycles. The first-order valence-corrected chi connectivity index (χ1v) is 7.26. The van der Waals surface area contributed by atoms with Gasteiger partial charge in [-0.2, -0.15) is 0 Å². The lowest BCUT2D eigenvalue weighted by atomic mass is 10.1. The summed E-state index contributed by atoms with van der Waals surface area (Å²) in [6, 6.07) is 8.07. The van der Waals surface area contributed by atoms with Gasteiger partial charge in [-0.3, -0.25) is 15.1 Å². The molecule has 1 aliphatic heterocycles. The third kappa shape index (κ3) is 3.86. The number of ether oxygens (including phenoxy) is 1. The van der Waals surface area contributed by atoms with E-state index < -0.39 is 0 Å². The molecular formula is C15H24N4O2. The van der Waals surface area contributed by atoms with Gasteiger partial charge in [0.15, 0.2) is 0 Å². The minimum Gasteiger partial charge on any atom is -0.495 e. The second-order valence-electron chi connectivity index (χ2n) is 5.37. The first-order chi connectivity index (χ1) is 10.2. The smallest absolute Gasteiger partial charge is 0.237 e. The van der Waals surface area contributed by atoms with Gasteiger partial charge in [-0.25, -0.2) is 5.84 Å². The largest absolute Gasteiger partial charge is 0.495 e. The Balaban J connectivity index is 1.90. The van der Waals surface area contributed by atoms with Gasteiger partial charge in [0.05, 0.1) is 12.8 Å². The van der Waals surface area contributed by atoms with Gasteiger partial charge in [-0.05, 0) is 12.1 Å². The van der Waals surface area contributed by atoms with Crippen molar-refractivity contribution >= 4 is 11.6 Å². The number of carbonyl (C=O) groups is 1. The molecule has 116 valence electrons. The fourth-order valence-electron chi connectivity index (χ4n) is 2.67. The Kier molecular flexibility index (Phi) is 5.41. The van der Waals surface area contributed by atoms with Crippen LogP contribution in [0.25, 0.3) is 0 Å². The van der Waals surface area contributed by atoms with Crippen LogP contribution in [0, 0.1) is 5.92 Å². The highest BCUT2D eigenvalue weighted by Gasteiger charge is 2.22. The monoisotopic (exact) mass is 292 g/mol. The number of rotatable bonds is 5. The molecule has 1 atom stereocenters. The van der Waals surface area contributed by atoms with E-state index >= 15 is 0 Å². The Hall–Kier alpha value is -1.79. The van der Waals surface area contributed by atoms with Gasteiger partial charge in [0.1, 0.15) is 5.75 Å². The van der Waals surface area contributed by atoms with Crippen molar-refractivity contribution in [2.24, 2.45) is 11.8 Å². The molecule has 0 radical (unpaired) electrons. The zero-order chi connectivity index (χ0) is 15.2. The summed E-state index contributed by atoms with van der Waals surface area (Å²) in [4.78, 5) is 16.1. The molecule has 0 aromatic heterocycles. The van der Waals surface area contributed by atoms with E-state index in [4.69, 9.17) is 10.6 Å². The highest BCUT2D eigenvalue weighted by molar-refractivity contribution is 5.77. The number of carbonyl (C=O) groups excluding carboxylic acids is 1. The minimum atomic E-state index is -0.109. The van der Waals surface area contributed by atoms with E-state index in [2.05, 4.69) is 21.3 Å². The summed E-state index contributed by atoms with van der Waals surface area (Å²) in [6.45, 7) is 6.35. The Bertz CT molecular complexity index is 472. The lowest BCUT2D eigenvalue weighted by Crippen LogP contribution is -2.49. The number of piperazine rings is 1. The van der Waals surface area contributed by atoms with Crippen molar-refractivity contribution in [3.05, 3.63) is 24.3 Å². The molecule has 1 fully saturated rings. The van der Waals surface area contributed by atoms with E-state index in [-0.39, 0.29) is 11.8 Å². The molecule has 1 amide bonds. The van der Waals surface area contributed by atoms with Crippen LogP contribution in [0.2, 0.25) is 0 Å². The number of benzene rings is 1. The van der Waals surface area contributed by atoms with E-state index in [0.29, 0.717) is 0 Å². The van der Waals surface area contributed by atoms with E-state index in [1.165, 1.54) is 0 Å². The summed E-state index contributed by atoms with van der Waals surface area (Å²) in [5.74, 6) is 5.87. The molecule has 1 saturated heterocycles. The van der Waals surface area contributed by atoms with Gasteiger partial charge in [0.2, 0.25) is 5.91 Å². The lowest BCUT2D eigenvalue weighted by Gasteiger charge is -2.37. The second-order valence-corrected chi connectivity index (χ2v) is 5.37. The molecule has 1 aromatic rings. The van der Waals surface area contributed by atoms with Crippen molar-refractivity contribution in [1.29, 1.82) is 0 Å². The predicted molar refractivity (Wildman–Crippen MR) is 83.1 cm³/mol. The molecule has 1 unspecified atom stereocenters. The zero-order valence-corrected chi connectivity index (χ0v) is 12.7. The molecule has 3 N–H and O–H groups in total. The van der Waals surface area contributed by atoms with Gasteiger partial charge in [-0.1, -0.05) is 19.1 Å². The number of hydrogen-bond donors (Lipinski definition) is 2. The molecule has 1 aliphatic rings.